The lowest BCUT2D eigenvalue weighted by molar-refractivity contribution is -0.139. The number of benzene rings is 3. The second-order valence-electron chi connectivity index (χ2n) is 9.10. The molecule has 0 fully saturated rings. The number of carbonyl (C=O) groups excluding carboxylic acids is 2. The molecule has 7 nitrogen and oxygen atoms in total. The monoisotopic (exact) mass is 557 g/mol. The number of hydrogen-bond donors (Lipinski definition) is 1. The summed E-state index contributed by atoms with van der Waals surface area (Å²) in [6.07, 6.45) is 0.0600. The van der Waals surface area contributed by atoms with Crippen LogP contribution in [0.15, 0.2) is 101 Å². The number of thioether (sulfide) groups is 1. The fourth-order valence-corrected chi connectivity index (χ4v) is 5.56. The van der Waals surface area contributed by atoms with Gasteiger partial charge in [-0.1, -0.05) is 66.4 Å². The van der Waals surface area contributed by atoms with Crippen LogP contribution in [-0.4, -0.2) is 35.7 Å². The van der Waals surface area contributed by atoms with Crippen molar-refractivity contribution in [3.05, 3.63) is 118 Å². The molecule has 0 spiro atoms. The maximum Gasteiger partial charge on any atom is 0.338 e. The molecule has 5 rings (SSSR count). The molecule has 0 aromatic heterocycles. The number of aliphatic imine (C=N–C) groups is 1. The highest BCUT2D eigenvalue weighted by molar-refractivity contribution is 8.16. The lowest BCUT2D eigenvalue weighted by Crippen LogP contribution is -2.38. The Labute approximate surface area is 236 Å². The maximum absolute atomic E-state index is 13.6. The van der Waals surface area contributed by atoms with Gasteiger partial charge in [-0.2, -0.15) is 0 Å². The van der Waals surface area contributed by atoms with Gasteiger partial charge in [0, 0.05) is 17.8 Å². The molecule has 1 N–H and O–H groups in total. The molecule has 0 aliphatic carbocycles. The minimum Gasteiger partial charge on any atom is -0.497 e. The van der Waals surface area contributed by atoms with Crippen molar-refractivity contribution < 1.29 is 23.5 Å². The van der Waals surface area contributed by atoms with E-state index in [0.717, 1.165) is 16.7 Å². The third kappa shape index (κ3) is 5.79. The molecule has 3 aromatic carbocycles. The molecule has 204 valence electrons. The predicted molar refractivity (Wildman–Crippen MR) is 154 cm³/mol. The quantitative estimate of drug-likeness (QED) is 0.334. The standard InChI is InChI=1S/C31H28FN3O4S/c1-3-39-30(37)27-28(21-8-5-4-6-9-21)34-31-35(29(27)22-10-7-11-25(16-22)38-2)24(19-40-31)17-26(36)33-18-20-12-14-23(32)15-13-20/h4-16,19,29H,3,17-18H2,1-2H3,(H,33,36). The van der Waals surface area contributed by atoms with Crippen LogP contribution in [-0.2, 0) is 20.9 Å². The van der Waals surface area contributed by atoms with Gasteiger partial charge >= 0.3 is 5.97 Å². The average Bonchev–Trinajstić information content (AvgIpc) is 3.38. The van der Waals surface area contributed by atoms with Crippen LogP contribution in [0.5, 0.6) is 5.75 Å². The largest absolute Gasteiger partial charge is 0.497 e. The lowest BCUT2D eigenvalue weighted by Gasteiger charge is -2.37. The van der Waals surface area contributed by atoms with E-state index in [4.69, 9.17) is 14.5 Å². The van der Waals surface area contributed by atoms with E-state index in [0.29, 0.717) is 27.9 Å². The van der Waals surface area contributed by atoms with Gasteiger partial charge in [-0.3, -0.25) is 4.79 Å². The predicted octanol–water partition coefficient (Wildman–Crippen LogP) is 5.82. The number of esters is 1. The van der Waals surface area contributed by atoms with Crippen molar-refractivity contribution >= 4 is 34.5 Å². The minimum absolute atomic E-state index is 0.0600. The first-order valence-electron chi connectivity index (χ1n) is 12.8. The number of halogens is 1. The molecule has 0 saturated carbocycles. The van der Waals surface area contributed by atoms with Crippen molar-refractivity contribution in [2.45, 2.75) is 25.9 Å². The summed E-state index contributed by atoms with van der Waals surface area (Å²) in [5, 5.41) is 5.44. The third-order valence-electron chi connectivity index (χ3n) is 6.51. The Morgan fingerprint density at radius 1 is 1.05 bits per heavy atom. The van der Waals surface area contributed by atoms with Gasteiger partial charge in [0.25, 0.3) is 0 Å². The number of amides is 1. The van der Waals surface area contributed by atoms with Crippen LogP contribution in [0.4, 0.5) is 4.39 Å². The summed E-state index contributed by atoms with van der Waals surface area (Å²) in [4.78, 5) is 33.5. The zero-order valence-corrected chi connectivity index (χ0v) is 22.9. The Hall–Kier alpha value is -4.37. The summed E-state index contributed by atoms with van der Waals surface area (Å²) in [7, 11) is 1.59. The van der Waals surface area contributed by atoms with Crippen LogP contribution in [0.1, 0.15) is 36.1 Å². The van der Waals surface area contributed by atoms with E-state index in [-0.39, 0.29) is 31.3 Å². The van der Waals surface area contributed by atoms with Crippen LogP contribution in [0.3, 0.4) is 0 Å². The second kappa shape index (κ2) is 12.2. The molecule has 0 bridgehead atoms. The van der Waals surface area contributed by atoms with Crippen molar-refractivity contribution in [3.8, 4) is 5.75 Å². The van der Waals surface area contributed by atoms with Crippen LogP contribution in [0.2, 0.25) is 0 Å². The van der Waals surface area contributed by atoms with Crippen LogP contribution >= 0.6 is 11.8 Å². The summed E-state index contributed by atoms with van der Waals surface area (Å²) in [6, 6.07) is 22.4. The number of methoxy groups -OCH3 is 1. The molecule has 1 unspecified atom stereocenters. The number of nitrogens with zero attached hydrogens (tertiary/aromatic N) is 2. The van der Waals surface area contributed by atoms with Crippen molar-refractivity contribution in [2.75, 3.05) is 13.7 Å². The second-order valence-corrected chi connectivity index (χ2v) is 9.94. The van der Waals surface area contributed by atoms with Crippen LogP contribution < -0.4 is 10.1 Å². The van der Waals surface area contributed by atoms with E-state index < -0.39 is 12.0 Å². The van der Waals surface area contributed by atoms with Crippen molar-refractivity contribution in [1.29, 1.82) is 0 Å². The molecule has 2 aliphatic rings. The molecule has 1 amide bonds. The zero-order chi connectivity index (χ0) is 28.1. The number of ether oxygens (including phenoxy) is 2. The highest BCUT2D eigenvalue weighted by Gasteiger charge is 2.42. The third-order valence-corrected chi connectivity index (χ3v) is 7.40. The van der Waals surface area contributed by atoms with Crippen molar-refractivity contribution in [1.82, 2.24) is 10.2 Å². The fraction of sp³-hybridized carbons (Fsp3) is 0.194. The molecule has 9 heteroatoms. The smallest absolute Gasteiger partial charge is 0.338 e. The summed E-state index contributed by atoms with van der Waals surface area (Å²) in [5.41, 5.74) is 3.98. The zero-order valence-electron chi connectivity index (χ0n) is 22.1. The van der Waals surface area contributed by atoms with Gasteiger partial charge in [0.1, 0.15) is 11.6 Å². The normalized spacial score (nSPS) is 16.2. The van der Waals surface area contributed by atoms with Crippen molar-refractivity contribution in [3.63, 3.8) is 0 Å². The van der Waals surface area contributed by atoms with Gasteiger partial charge in [0.15, 0.2) is 5.17 Å². The summed E-state index contributed by atoms with van der Waals surface area (Å²) < 4.78 is 24.3. The molecule has 3 aromatic rings. The Bertz CT molecular complexity index is 1500. The lowest BCUT2D eigenvalue weighted by atomic mass is 9.91. The van der Waals surface area contributed by atoms with Gasteiger partial charge in [-0.05, 0) is 47.7 Å². The Kier molecular flexibility index (Phi) is 8.31. The van der Waals surface area contributed by atoms with E-state index in [1.54, 1.807) is 26.2 Å². The molecular formula is C31H28FN3O4S. The molecular weight excluding hydrogens is 529 g/mol. The van der Waals surface area contributed by atoms with Gasteiger partial charge in [-0.15, -0.1) is 0 Å². The van der Waals surface area contributed by atoms with E-state index in [9.17, 15) is 14.0 Å². The minimum atomic E-state index is -0.608. The number of fused-ring (bicyclic) bond motifs is 1. The topological polar surface area (TPSA) is 80.2 Å². The molecule has 2 heterocycles. The van der Waals surface area contributed by atoms with Crippen LogP contribution in [0.25, 0.3) is 5.70 Å². The number of amidine groups is 1. The fourth-order valence-electron chi connectivity index (χ4n) is 4.65. The van der Waals surface area contributed by atoms with E-state index in [1.165, 1.54) is 23.9 Å². The first kappa shape index (κ1) is 27.2. The van der Waals surface area contributed by atoms with Gasteiger partial charge < -0.3 is 19.7 Å². The van der Waals surface area contributed by atoms with E-state index in [1.807, 2.05) is 64.9 Å². The molecule has 0 saturated heterocycles. The Morgan fingerprint density at radius 3 is 2.55 bits per heavy atom. The summed E-state index contributed by atoms with van der Waals surface area (Å²) >= 11 is 1.40. The van der Waals surface area contributed by atoms with Crippen LogP contribution in [0, 0.1) is 5.82 Å². The van der Waals surface area contributed by atoms with Gasteiger partial charge in [-0.25, -0.2) is 14.2 Å². The van der Waals surface area contributed by atoms with Crippen molar-refractivity contribution in [2.24, 2.45) is 4.99 Å². The molecule has 1 atom stereocenters. The van der Waals surface area contributed by atoms with Gasteiger partial charge in [0.05, 0.1) is 37.4 Å². The Balaban J connectivity index is 1.52. The average molecular weight is 558 g/mol. The number of nitrogens with one attached hydrogen (secondary N) is 1. The SMILES string of the molecule is CCOC(=O)C1=C(c2ccccc2)N=C2SC=C(CC(=O)NCc3ccc(F)cc3)N2C1c1cccc(OC)c1. The first-order valence-corrected chi connectivity index (χ1v) is 13.7. The number of carbonyl (C=O) groups is 2. The Morgan fingerprint density at radius 2 is 1.82 bits per heavy atom. The molecule has 0 radical (unpaired) electrons. The molecule has 40 heavy (non-hydrogen) atoms. The highest BCUT2D eigenvalue weighted by atomic mass is 32.2. The molecule has 2 aliphatic heterocycles. The first-order chi connectivity index (χ1) is 19.5. The highest BCUT2D eigenvalue weighted by Crippen LogP contribution is 2.47. The number of hydrogen-bond acceptors (Lipinski definition) is 7. The van der Waals surface area contributed by atoms with E-state index >= 15 is 0 Å². The van der Waals surface area contributed by atoms with E-state index in [2.05, 4.69) is 5.32 Å². The summed E-state index contributed by atoms with van der Waals surface area (Å²) in [6.45, 7) is 2.24. The van der Waals surface area contributed by atoms with Gasteiger partial charge in [0.2, 0.25) is 5.91 Å². The summed E-state index contributed by atoms with van der Waals surface area (Å²) in [5.74, 6) is -0.379. The maximum atomic E-state index is 13.6. The number of rotatable bonds is 9.